The van der Waals surface area contributed by atoms with Crippen molar-refractivity contribution in [1.29, 1.82) is 0 Å². The SMILES string of the molecule is Cc1ncsc1CCOCc1occc1CN. The van der Waals surface area contributed by atoms with Gasteiger partial charge in [0, 0.05) is 23.4 Å². The lowest BCUT2D eigenvalue weighted by molar-refractivity contribution is 0.108. The Morgan fingerprint density at radius 2 is 2.41 bits per heavy atom. The van der Waals surface area contributed by atoms with Crippen molar-refractivity contribution in [1.82, 2.24) is 4.98 Å². The first kappa shape index (κ1) is 12.3. The van der Waals surface area contributed by atoms with E-state index in [1.165, 1.54) is 4.88 Å². The summed E-state index contributed by atoms with van der Waals surface area (Å²) >= 11 is 1.67. The number of aryl methyl sites for hydroxylation is 1. The van der Waals surface area contributed by atoms with Crippen LogP contribution in [0.4, 0.5) is 0 Å². The van der Waals surface area contributed by atoms with Gasteiger partial charge in [0.25, 0.3) is 0 Å². The van der Waals surface area contributed by atoms with E-state index in [2.05, 4.69) is 4.98 Å². The van der Waals surface area contributed by atoms with Gasteiger partial charge in [-0.15, -0.1) is 11.3 Å². The van der Waals surface area contributed by atoms with Crippen LogP contribution in [0.1, 0.15) is 21.9 Å². The van der Waals surface area contributed by atoms with Gasteiger partial charge >= 0.3 is 0 Å². The predicted molar refractivity (Wildman–Crippen MR) is 66.8 cm³/mol. The molecule has 0 aliphatic heterocycles. The molecular weight excluding hydrogens is 236 g/mol. The summed E-state index contributed by atoms with van der Waals surface area (Å²) in [5, 5.41) is 0. The molecule has 0 aromatic carbocycles. The van der Waals surface area contributed by atoms with Crippen LogP contribution in [0.15, 0.2) is 22.3 Å². The molecule has 0 saturated heterocycles. The average Bonchev–Trinajstić information content (AvgIpc) is 2.93. The number of hydrogen-bond donors (Lipinski definition) is 1. The van der Waals surface area contributed by atoms with Crippen molar-refractivity contribution in [2.45, 2.75) is 26.5 Å². The Hall–Kier alpha value is -1.17. The molecule has 0 radical (unpaired) electrons. The van der Waals surface area contributed by atoms with E-state index in [1.807, 2.05) is 18.5 Å². The fourth-order valence-electron chi connectivity index (χ4n) is 1.57. The summed E-state index contributed by atoms with van der Waals surface area (Å²) in [6, 6.07) is 1.88. The highest BCUT2D eigenvalue weighted by atomic mass is 32.1. The van der Waals surface area contributed by atoms with Crippen molar-refractivity contribution in [3.05, 3.63) is 39.7 Å². The predicted octanol–water partition coefficient (Wildman–Crippen LogP) is 2.26. The van der Waals surface area contributed by atoms with Crippen LogP contribution in [0.5, 0.6) is 0 Å². The van der Waals surface area contributed by atoms with Gasteiger partial charge in [0.05, 0.1) is 24.1 Å². The van der Waals surface area contributed by atoms with E-state index in [4.69, 9.17) is 14.9 Å². The summed E-state index contributed by atoms with van der Waals surface area (Å²) in [6.45, 7) is 3.67. The van der Waals surface area contributed by atoms with Crippen molar-refractivity contribution in [3.8, 4) is 0 Å². The van der Waals surface area contributed by atoms with Crippen molar-refractivity contribution < 1.29 is 9.15 Å². The van der Waals surface area contributed by atoms with Gasteiger partial charge in [-0.1, -0.05) is 0 Å². The third-order valence-corrected chi connectivity index (χ3v) is 3.60. The van der Waals surface area contributed by atoms with Crippen molar-refractivity contribution >= 4 is 11.3 Å². The molecular formula is C12H16N2O2S. The van der Waals surface area contributed by atoms with E-state index in [0.717, 1.165) is 23.4 Å². The van der Waals surface area contributed by atoms with Gasteiger partial charge in [0.2, 0.25) is 0 Å². The molecule has 2 rings (SSSR count). The maximum Gasteiger partial charge on any atom is 0.133 e. The number of furan rings is 1. The summed E-state index contributed by atoms with van der Waals surface area (Å²) < 4.78 is 10.9. The third-order valence-electron chi connectivity index (χ3n) is 2.61. The molecule has 0 unspecified atom stereocenters. The highest BCUT2D eigenvalue weighted by Gasteiger charge is 2.05. The highest BCUT2D eigenvalue weighted by molar-refractivity contribution is 7.09. The molecule has 92 valence electrons. The van der Waals surface area contributed by atoms with E-state index in [0.29, 0.717) is 19.8 Å². The molecule has 2 aromatic heterocycles. The molecule has 0 atom stereocenters. The summed E-state index contributed by atoms with van der Waals surface area (Å²) in [7, 11) is 0. The summed E-state index contributed by atoms with van der Waals surface area (Å²) in [4.78, 5) is 5.48. The third kappa shape index (κ3) is 3.15. The van der Waals surface area contributed by atoms with Gasteiger partial charge in [0.15, 0.2) is 0 Å². The number of rotatable bonds is 6. The molecule has 0 amide bonds. The lowest BCUT2D eigenvalue weighted by atomic mass is 10.2. The molecule has 5 heteroatoms. The topological polar surface area (TPSA) is 61.3 Å². The van der Waals surface area contributed by atoms with Crippen molar-refractivity contribution in [3.63, 3.8) is 0 Å². The van der Waals surface area contributed by atoms with Crippen LogP contribution in [0.25, 0.3) is 0 Å². The molecule has 2 N–H and O–H groups in total. The zero-order valence-corrected chi connectivity index (χ0v) is 10.6. The molecule has 2 heterocycles. The highest BCUT2D eigenvalue weighted by Crippen LogP contribution is 2.14. The van der Waals surface area contributed by atoms with Crippen LogP contribution in [0.2, 0.25) is 0 Å². The second-order valence-electron chi connectivity index (χ2n) is 3.74. The second kappa shape index (κ2) is 5.95. The maximum atomic E-state index is 5.58. The normalized spacial score (nSPS) is 10.9. The van der Waals surface area contributed by atoms with Crippen molar-refractivity contribution in [2.75, 3.05) is 6.61 Å². The minimum absolute atomic E-state index is 0.484. The van der Waals surface area contributed by atoms with E-state index in [9.17, 15) is 0 Å². The smallest absolute Gasteiger partial charge is 0.133 e. The fraction of sp³-hybridized carbons (Fsp3) is 0.417. The van der Waals surface area contributed by atoms with Gasteiger partial charge in [-0.2, -0.15) is 0 Å². The summed E-state index contributed by atoms with van der Waals surface area (Å²) in [5.74, 6) is 0.827. The largest absolute Gasteiger partial charge is 0.467 e. The van der Waals surface area contributed by atoms with Gasteiger partial charge in [0.1, 0.15) is 12.4 Å². The van der Waals surface area contributed by atoms with Crippen LogP contribution < -0.4 is 5.73 Å². The number of nitrogens with two attached hydrogens (primary N) is 1. The Morgan fingerprint density at radius 3 is 3.12 bits per heavy atom. The molecule has 0 saturated carbocycles. The van der Waals surface area contributed by atoms with Crippen LogP contribution in [0, 0.1) is 6.92 Å². The van der Waals surface area contributed by atoms with Crippen LogP contribution in [0.3, 0.4) is 0 Å². The fourth-order valence-corrected chi connectivity index (χ4v) is 2.33. The van der Waals surface area contributed by atoms with Gasteiger partial charge < -0.3 is 14.9 Å². The minimum atomic E-state index is 0.484. The Labute approximate surface area is 104 Å². The number of thiazole rings is 1. The first-order chi connectivity index (χ1) is 8.31. The van der Waals surface area contributed by atoms with Crippen LogP contribution in [-0.4, -0.2) is 11.6 Å². The molecule has 0 fully saturated rings. The van der Waals surface area contributed by atoms with E-state index in [1.54, 1.807) is 17.6 Å². The zero-order valence-electron chi connectivity index (χ0n) is 9.81. The molecule has 4 nitrogen and oxygen atoms in total. The van der Waals surface area contributed by atoms with Crippen LogP contribution >= 0.6 is 11.3 Å². The molecule has 0 spiro atoms. The Morgan fingerprint density at radius 1 is 1.53 bits per heavy atom. The summed E-state index contributed by atoms with van der Waals surface area (Å²) in [5.41, 5.74) is 9.55. The Kier molecular flexibility index (Phi) is 4.30. The van der Waals surface area contributed by atoms with Crippen LogP contribution in [-0.2, 0) is 24.3 Å². The van der Waals surface area contributed by atoms with Gasteiger partial charge in [-0.3, -0.25) is 0 Å². The first-order valence-corrected chi connectivity index (χ1v) is 6.41. The van der Waals surface area contributed by atoms with E-state index in [-0.39, 0.29) is 0 Å². The lowest BCUT2D eigenvalue weighted by Gasteiger charge is -2.03. The quantitative estimate of drug-likeness (QED) is 0.801. The summed E-state index contributed by atoms with van der Waals surface area (Å²) in [6.07, 6.45) is 2.55. The van der Waals surface area contributed by atoms with Gasteiger partial charge in [-0.05, 0) is 13.0 Å². The number of ether oxygens (including phenoxy) is 1. The van der Waals surface area contributed by atoms with Crippen molar-refractivity contribution in [2.24, 2.45) is 5.73 Å². The number of nitrogens with zero attached hydrogens (tertiary/aromatic N) is 1. The number of aromatic nitrogens is 1. The van der Waals surface area contributed by atoms with E-state index >= 15 is 0 Å². The Bertz CT molecular complexity index is 465. The zero-order chi connectivity index (χ0) is 12.1. The minimum Gasteiger partial charge on any atom is -0.467 e. The molecule has 0 aliphatic carbocycles. The first-order valence-electron chi connectivity index (χ1n) is 5.53. The Balaban J connectivity index is 1.75. The molecule has 2 aromatic rings. The van der Waals surface area contributed by atoms with E-state index < -0.39 is 0 Å². The standard InChI is InChI=1S/C12H16N2O2S/c1-9-12(17-8-14-9)3-4-15-7-11-10(6-13)2-5-16-11/h2,5,8H,3-4,6-7,13H2,1H3. The monoisotopic (exact) mass is 252 g/mol. The lowest BCUT2D eigenvalue weighted by Crippen LogP contribution is -2.02. The number of hydrogen-bond acceptors (Lipinski definition) is 5. The van der Waals surface area contributed by atoms with Gasteiger partial charge in [-0.25, -0.2) is 4.98 Å². The molecule has 17 heavy (non-hydrogen) atoms. The maximum absolute atomic E-state index is 5.58. The second-order valence-corrected chi connectivity index (χ2v) is 4.68. The average molecular weight is 252 g/mol. The molecule has 0 bridgehead atoms. The molecule has 0 aliphatic rings.